The van der Waals surface area contributed by atoms with E-state index in [0.29, 0.717) is 12.8 Å². The average molecular weight is 502 g/mol. The van der Waals surface area contributed by atoms with Crippen molar-refractivity contribution in [3.8, 4) is 0 Å². The molecule has 0 aliphatic rings. The molecule has 0 aliphatic heterocycles. The van der Waals surface area contributed by atoms with Crippen molar-refractivity contribution in [2.75, 3.05) is 14.2 Å². The Hall–Kier alpha value is -3.66. The summed E-state index contributed by atoms with van der Waals surface area (Å²) in [6.45, 7) is 14.8. The Kier molecular flexibility index (Phi) is 15.2. The van der Waals surface area contributed by atoms with Crippen molar-refractivity contribution in [3.63, 3.8) is 0 Å². The fraction of sp³-hybridized carbons (Fsp3) is 0.462. The zero-order valence-corrected chi connectivity index (χ0v) is 22.5. The highest BCUT2D eigenvalue weighted by Gasteiger charge is 2.21. The number of carbonyl (C=O) groups excluding carboxylic acids is 2. The molecule has 2 rings (SSSR count). The molecule has 0 aromatic carbocycles. The number of aromatic nitrogens is 4. The second kappa shape index (κ2) is 16.9. The van der Waals surface area contributed by atoms with Gasteiger partial charge >= 0.3 is 5.97 Å². The number of aldehydes is 1. The number of hydrogen-bond acceptors (Lipinski definition) is 7. The smallest absolute Gasteiger partial charge is 0.354 e. The van der Waals surface area contributed by atoms with Crippen LogP contribution in [0.4, 0.5) is 0 Å². The van der Waals surface area contributed by atoms with Gasteiger partial charge in [0, 0.05) is 26.2 Å². The molecule has 2 aromatic rings. The maximum atomic E-state index is 13.0. The summed E-state index contributed by atoms with van der Waals surface area (Å²) in [6.07, 6.45) is 7.14. The van der Waals surface area contributed by atoms with Gasteiger partial charge in [-0.1, -0.05) is 35.8 Å². The summed E-state index contributed by atoms with van der Waals surface area (Å²) >= 11 is 0. The lowest BCUT2D eigenvalue weighted by molar-refractivity contribution is -0.109. The predicted molar refractivity (Wildman–Crippen MR) is 140 cm³/mol. The van der Waals surface area contributed by atoms with E-state index >= 15 is 0 Å². The van der Waals surface area contributed by atoms with Crippen LogP contribution in [-0.2, 0) is 9.53 Å². The monoisotopic (exact) mass is 501 g/mol. The average Bonchev–Trinajstić information content (AvgIpc) is 3.33. The number of hydrogen-bond donors (Lipinski definition) is 2. The van der Waals surface area contributed by atoms with Crippen molar-refractivity contribution in [2.45, 2.75) is 60.4 Å². The van der Waals surface area contributed by atoms with Crippen LogP contribution in [0.3, 0.4) is 0 Å². The normalized spacial score (nSPS) is 13.2. The zero-order chi connectivity index (χ0) is 27.8. The highest BCUT2D eigenvalue weighted by atomic mass is 16.4. The Morgan fingerprint density at radius 3 is 2.33 bits per heavy atom. The SMILES string of the molecule is C/C=C(\C)C(CC/C(C)=C(\C)C(C)C=O)NC(=O)c1cc(C(=O)O)nc2ncnn12.C=CC.COC. The van der Waals surface area contributed by atoms with Gasteiger partial charge in [0.25, 0.3) is 11.7 Å². The molecule has 0 saturated heterocycles. The summed E-state index contributed by atoms with van der Waals surface area (Å²) in [6, 6.07) is 0.916. The molecule has 198 valence electrons. The number of fused-ring (bicyclic) bond motifs is 1. The zero-order valence-electron chi connectivity index (χ0n) is 22.5. The number of carboxylic acids is 1. The summed E-state index contributed by atoms with van der Waals surface area (Å²) in [7, 11) is 3.25. The lowest BCUT2D eigenvalue weighted by Crippen LogP contribution is -2.37. The van der Waals surface area contributed by atoms with Gasteiger partial charge in [-0.3, -0.25) is 4.79 Å². The van der Waals surface area contributed by atoms with Gasteiger partial charge in [-0.15, -0.1) is 6.58 Å². The van der Waals surface area contributed by atoms with Crippen molar-refractivity contribution >= 4 is 23.9 Å². The Morgan fingerprint density at radius 1 is 1.25 bits per heavy atom. The maximum Gasteiger partial charge on any atom is 0.354 e. The molecule has 0 radical (unpaired) electrons. The highest BCUT2D eigenvalue weighted by molar-refractivity contribution is 5.96. The number of rotatable bonds is 9. The lowest BCUT2D eigenvalue weighted by Gasteiger charge is -2.21. The first-order valence-corrected chi connectivity index (χ1v) is 11.5. The summed E-state index contributed by atoms with van der Waals surface area (Å²) < 4.78 is 5.46. The number of ether oxygens (including phenoxy) is 1. The van der Waals surface area contributed by atoms with Gasteiger partial charge in [-0.05, 0) is 47.5 Å². The van der Waals surface area contributed by atoms with Crippen LogP contribution in [0.25, 0.3) is 5.78 Å². The molecule has 2 heterocycles. The minimum absolute atomic E-state index is 0.0385. The van der Waals surface area contributed by atoms with Crippen LogP contribution in [0.15, 0.2) is 47.8 Å². The number of methoxy groups -OCH3 is 1. The van der Waals surface area contributed by atoms with E-state index in [0.717, 1.165) is 23.0 Å². The summed E-state index contributed by atoms with van der Waals surface area (Å²) in [4.78, 5) is 43.1. The second-order valence-corrected chi connectivity index (χ2v) is 8.11. The Morgan fingerprint density at radius 2 is 1.83 bits per heavy atom. The van der Waals surface area contributed by atoms with Crippen molar-refractivity contribution < 1.29 is 24.2 Å². The summed E-state index contributed by atoms with van der Waals surface area (Å²) in [5, 5.41) is 16.2. The van der Waals surface area contributed by atoms with Gasteiger partial charge in [0.15, 0.2) is 5.69 Å². The fourth-order valence-corrected chi connectivity index (χ4v) is 2.98. The van der Waals surface area contributed by atoms with Crippen molar-refractivity contribution in [1.29, 1.82) is 0 Å². The number of carboxylic acid groups (broad SMARTS) is 1. The van der Waals surface area contributed by atoms with E-state index in [1.165, 1.54) is 16.9 Å². The standard InChI is InChI=1S/C21H27N5O4.C3H6.C2H6O/c1-6-12(2)16(8-7-13(3)15(5)14(4)10-27)24-19(28)18-9-17(20(29)30)25-21-22-11-23-26(18)21;2*1-3-2/h6,9-11,14,16H,7-8H2,1-5H3,(H,24,28)(H,29,30);3H,1H2,2H3;1-2H3/b12-6+,15-13+;;. The van der Waals surface area contributed by atoms with Crippen LogP contribution in [-0.4, -0.2) is 63.1 Å². The Bertz CT molecular complexity index is 1090. The van der Waals surface area contributed by atoms with Gasteiger partial charge in [-0.25, -0.2) is 9.78 Å². The second-order valence-electron chi connectivity index (χ2n) is 8.11. The van der Waals surface area contributed by atoms with Crippen LogP contribution in [0.2, 0.25) is 0 Å². The van der Waals surface area contributed by atoms with Gasteiger partial charge in [-0.2, -0.15) is 14.6 Å². The number of nitrogens with zero attached hydrogens (tertiary/aromatic N) is 4. The molecular formula is C26H39N5O5. The third-order valence-corrected chi connectivity index (χ3v) is 5.38. The Balaban J connectivity index is 0.00000185. The molecule has 36 heavy (non-hydrogen) atoms. The summed E-state index contributed by atoms with van der Waals surface area (Å²) in [5.74, 6) is -1.83. The predicted octanol–water partition coefficient (Wildman–Crippen LogP) is 4.29. The van der Waals surface area contributed by atoms with Gasteiger partial charge in [0.05, 0.1) is 6.04 Å². The van der Waals surface area contributed by atoms with E-state index in [1.807, 2.05) is 47.6 Å². The highest BCUT2D eigenvalue weighted by Crippen LogP contribution is 2.20. The molecule has 2 N–H and O–H groups in total. The molecule has 2 atom stereocenters. The van der Waals surface area contributed by atoms with E-state index in [4.69, 9.17) is 0 Å². The van der Waals surface area contributed by atoms with Gasteiger partial charge in [0.2, 0.25) is 0 Å². The number of aromatic carboxylic acids is 1. The van der Waals surface area contributed by atoms with E-state index < -0.39 is 11.9 Å². The van der Waals surface area contributed by atoms with Crippen LogP contribution in [0.5, 0.6) is 0 Å². The molecule has 0 bridgehead atoms. The van der Waals surface area contributed by atoms with E-state index in [-0.39, 0.29) is 29.1 Å². The third kappa shape index (κ3) is 9.91. The lowest BCUT2D eigenvalue weighted by atomic mass is 9.93. The first-order valence-electron chi connectivity index (χ1n) is 11.5. The largest absolute Gasteiger partial charge is 0.477 e. The topological polar surface area (TPSA) is 136 Å². The number of nitrogens with one attached hydrogen (secondary N) is 1. The molecule has 0 fully saturated rings. The number of carbonyl (C=O) groups is 3. The molecule has 1 amide bonds. The molecule has 10 nitrogen and oxygen atoms in total. The van der Waals surface area contributed by atoms with Crippen molar-refractivity contribution in [1.82, 2.24) is 24.9 Å². The van der Waals surface area contributed by atoms with E-state index in [2.05, 4.69) is 31.7 Å². The minimum atomic E-state index is -1.25. The molecule has 0 saturated carbocycles. The summed E-state index contributed by atoms with van der Waals surface area (Å²) in [5.41, 5.74) is 2.87. The first-order chi connectivity index (χ1) is 17.0. The third-order valence-electron chi connectivity index (χ3n) is 5.38. The van der Waals surface area contributed by atoms with Gasteiger partial charge in [0.1, 0.15) is 18.3 Å². The molecular weight excluding hydrogens is 462 g/mol. The van der Waals surface area contributed by atoms with Gasteiger partial charge < -0.3 is 20.0 Å². The first kappa shape index (κ1) is 32.3. The number of amides is 1. The molecule has 0 aliphatic carbocycles. The minimum Gasteiger partial charge on any atom is -0.477 e. The van der Waals surface area contributed by atoms with Crippen molar-refractivity contribution in [2.24, 2.45) is 5.92 Å². The molecule has 2 aromatic heterocycles. The van der Waals surface area contributed by atoms with Crippen molar-refractivity contribution in [3.05, 3.63) is 59.2 Å². The quantitative estimate of drug-likeness (QED) is 0.384. The molecule has 10 heteroatoms. The van der Waals surface area contributed by atoms with Crippen LogP contribution in [0.1, 0.15) is 75.4 Å². The van der Waals surface area contributed by atoms with Crippen LogP contribution >= 0.6 is 0 Å². The van der Waals surface area contributed by atoms with E-state index in [1.54, 1.807) is 20.3 Å². The number of allylic oxidation sites excluding steroid dienone is 4. The Labute approximate surface area is 213 Å². The van der Waals surface area contributed by atoms with E-state index in [9.17, 15) is 19.5 Å². The molecule has 2 unspecified atom stereocenters. The fourth-order valence-electron chi connectivity index (χ4n) is 2.98. The maximum absolute atomic E-state index is 13.0. The molecule has 0 spiro atoms. The van der Waals surface area contributed by atoms with Crippen LogP contribution in [0, 0.1) is 5.92 Å². The van der Waals surface area contributed by atoms with Crippen LogP contribution < -0.4 is 5.32 Å².